The quantitative estimate of drug-likeness (QED) is 0.544. The number of fused-ring (bicyclic) bond motifs is 1. The van der Waals surface area contributed by atoms with Crippen LogP contribution in [0.4, 0.5) is 0 Å². The molecule has 1 aliphatic heterocycles. The second-order valence-electron chi connectivity index (χ2n) is 8.66. The predicted molar refractivity (Wildman–Crippen MR) is 108 cm³/mol. The third-order valence-corrected chi connectivity index (χ3v) is 6.88. The van der Waals surface area contributed by atoms with Crippen molar-refractivity contribution >= 4 is 15.9 Å². The Bertz CT molecular complexity index is 635. The van der Waals surface area contributed by atoms with Gasteiger partial charge in [0.25, 0.3) is 0 Å². The van der Waals surface area contributed by atoms with Crippen LogP contribution in [0.3, 0.4) is 0 Å². The van der Waals surface area contributed by atoms with Gasteiger partial charge in [0.1, 0.15) is 6.23 Å². The summed E-state index contributed by atoms with van der Waals surface area (Å²) in [5.74, 6) is 1.37. The van der Waals surface area contributed by atoms with Gasteiger partial charge >= 0.3 is 0 Å². The SMILES string of the molecule is CC(C)=CCN1[C@H](c2ccccc2Br)O[C@@H]2C[C@H](C)CC[C@H]2C1(C)C. The molecule has 1 aromatic rings. The van der Waals surface area contributed by atoms with E-state index in [0.29, 0.717) is 12.0 Å². The van der Waals surface area contributed by atoms with Crippen LogP contribution in [0.2, 0.25) is 0 Å². The Morgan fingerprint density at radius 2 is 2.00 bits per heavy atom. The molecule has 4 atom stereocenters. The first kappa shape index (κ1) is 19.1. The molecule has 0 bridgehead atoms. The van der Waals surface area contributed by atoms with Crippen molar-refractivity contribution in [2.45, 2.75) is 71.8 Å². The minimum absolute atomic E-state index is 0.00715. The van der Waals surface area contributed by atoms with Crippen molar-refractivity contribution in [1.29, 1.82) is 0 Å². The Balaban J connectivity index is 2.00. The number of hydrogen-bond donors (Lipinski definition) is 0. The smallest absolute Gasteiger partial charge is 0.138 e. The summed E-state index contributed by atoms with van der Waals surface area (Å²) >= 11 is 3.75. The molecule has 1 aliphatic carbocycles. The van der Waals surface area contributed by atoms with Crippen molar-refractivity contribution in [3.8, 4) is 0 Å². The maximum absolute atomic E-state index is 6.77. The van der Waals surface area contributed by atoms with Gasteiger partial charge in [-0.3, -0.25) is 4.90 Å². The zero-order valence-corrected chi connectivity index (χ0v) is 17.8. The summed E-state index contributed by atoms with van der Waals surface area (Å²) < 4.78 is 7.91. The van der Waals surface area contributed by atoms with Gasteiger partial charge in [0.2, 0.25) is 0 Å². The van der Waals surface area contributed by atoms with E-state index in [1.165, 1.54) is 30.4 Å². The number of halogens is 1. The molecule has 0 amide bonds. The minimum Gasteiger partial charge on any atom is -0.355 e. The van der Waals surface area contributed by atoms with Crippen LogP contribution in [0, 0.1) is 11.8 Å². The molecule has 0 radical (unpaired) electrons. The van der Waals surface area contributed by atoms with Crippen molar-refractivity contribution in [2.24, 2.45) is 11.8 Å². The summed E-state index contributed by atoms with van der Waals surface area (Å²) in [5.41, 5.74) is 2.73. The fraction of sp³-hybridized carbons (Fsp3) is 0.636. The lowest BCUT2D eigenvalue weighted by atomic mass is 9.69. The largest absolute Gasteiger partial charge is 0.355 e. The van der Waals surface area contributed by atoms with Gasteiger partial charge in [0, 0.05) is 28.0 Å². The molecule has 0 unspecified atom stereocenters. The van der Waals surface area contributed by atoms with Gasteiger partial charge in [-0.1, -0.05) is 59.1 Å². The van der Waals surface area contributed by atoms with Gasteiger partial charge in [-0.2, -0.15) is 0 Å². The zero-order chi connectivity index (χ0) is 18.2. The number of nitrogens with zero attached hydrogens (tertiary/aromatic N) is 1. The van der Waals surface area contributed by atoms with Crippen molar-refractivity contribution in [1.82, 2.24) is 4.90 Å². The highest BCUT2D eigenvalue weighted by atomic mass is 79.9. The van der Waals surface area contributed by atoms with Crippen LogP contribution < -0.4 is 0 Å². The van der Waals surface area contributed by atoms with E-state index in [0.717, 1.165) is 16.9 Å². The lowest BCUT2D eigenvalue weighted by Gasteiger charge is -2.57. The van der Waals surface area contributed by atoms with Gasteiger partial charge in [-0.15, -0.1) is 0 Å². The molecule has 3 heteroatoms. The molecule has 0 aromatic heterocycles. The third-order valence-electron chi connectivity index (χ3n) is 6.16. The van der Waals surface area contributed by atoms with E-state index in [1.54, 1.807) is 0 Å². The van der Waals surface area contributed by atoms with Crippen LogP contribution in [0.1, 0.15) is 65.7 Å². The van der Waals surface area contributed by atoms with Crippen molar-refractivity contribution < 1.29 is 4.74 Å². The van der Waals surface area contributed by atoms with Gasteiger partial charge in [0.05, 0.1) is 6.10 Å². The molecular formula is C22H32BrNO. The Morgan fingerprint density at radius 1 is 1.28 bits per heavy atom. The number of benzene rings is 1. The molecule has 1 saturated heterocycles. The molecule has 2 nitrogen and oxygen atoms in total. The normalized spacial score (nSPS) is 32.1. The summed E-state index contributed by atoms with van der Waals surface area (Å²) in [6.45, 7) is 12.5. The van der Waals surface area contributed by atoms with E-state index in [9.17, 15) is 0 Å². The molecule has 138 valence electrons. The van der Waals surface area contributed by atoms with Crippen LogP contribution in [0.5, 0.6) is 0 Å². The summed E-state index contributed by atoms with van der Waals surface area (Å²) in [4.78, 5) is 2.57. The maximum Gasteiger partial charge on any atom is 0.138 e. The Kier molecular flexibility index (Phi) is 5.77. The van der Waals surface area contributed by atoms with Crippen LogP contribution in [0.25, 0.3) is 0 Å². The van der Waals surface area contributed by atoms with Gasteiger partial charge in [0.15, 0.2) is 0 Å². The highest BCUT2D eigenvalue weighted by molar-refractivity contribution is 9.10. The lowest BCUT2D eigenvalue weighted by Crippen LogP contribution is -2.61. The van der Waals surface area contributed by atoms with E-state index in [2.05, 4.69) is 85.8 Å². The highest BCUT2D eigenvalue weighted by Crippen LogP contribution is 2.49. The first-order valence-electron chi connectivity index (χ1n) is 9.60. The summed E-state index contributed by atoms with van der Waals surface area (Å²) in [6, 6.07) is 8.52. The number of rotatable bonds is 3. The van der Waals surface area contributed by atoms with E-state index < -0.39 is 0 Å². The van der Waals surface area contributed by atoms with E-state index in [-0.39, 0.29) is 11.8 Å². The van der Waals surface area contributed by atoms with Crippen molar-refractivity contribution in [3.63, 3.8) is 0 Å². The average Bonchev–Trinajstić information content (AvgIpc) is 2.53. The van der Waals surface area contributed by atoms with Crippen LogP contribution in [-0.4, -0.2) is 23.1 Å². The van der Waals surface area contributed by atoms with Gasteiger partial charge in [-0.25, -0.2) is 0 Å². The van der Waals surface area contributed by atoms with Gasteiger partial charge in [-0.05, 0) is 52.5 Å². The first-order chi connectivity index (χ1) is 11.8. The van der Waals surface area contributed by atoms with E-state index in [4.69, 9.17) is 4.74 Å². The molecule has 3 rings (SSSR count). The third kappa shape index (κ3) is 3.89. The molecule has 0 spiro atoms. The van der Waals surface area contributed by atoms with Crippen molar-refractivity contribution in [3.05, 3.63) is 46.0 Å². The average molecular weight is 406 g/mol. The second-order valence-corrected chi connectivity index (χ2v) is 9.51. The standard InChI is InChI=1S/C22H32BrNO/c1-15(2)12-13-24-21(17-8-6-7-9-19(17)23)25-20-14-16(3)10-11-18(20)22(24,4)5/h6-9,12,16,18,20-21H,10-11,13-14H2,1-5H3/t16-,18-,20-,21+/m1/s1. The predicted octanol–water partition coefficient (Wildman–Crippen LogP) is 6.33. The monoisotopic (exact) mass is 405 g/mol. The topological polar surface area (TPSA) is 12.5 Å². The van der Waals surface area contributed by atoms with Crippen LogP contribution in [0.15, 0.2) is 40.4 Å². The molecule has 0 N–H and O–H groups in total. The fourth-order valence-electron chi connectivity index (χ4n) is 4.57. The molecule has 1 saturated carbocycles. The number of hydrogen-bond acceptors (Lipinski definition) is 2. The highest BCUT2D eigenvalue weighted by Gasteiger charge is 2.50. The van der Waals surface area contributed by atoms with E-state index in [1.807, 2.05) is 0 Å². The van der Waals surface area contributed by atoms with Gasteiger partial charge < -0.3 is 4.74 Å². The van der Waals surface area contributed by atoms with E-state index >= 15 is 0 Å². The summed E-state index contributed by atoms with van der Waals surface area (Å²) in [6.07, 6.45) is 6.48. The number of ether oxygens (including phenoxy) is 1. The Morgan fingerprint density at radius 3 is 2.68 bits per heavy atom. The summed E-state index contributed by atoms with van der Waals surface area (Å²) in [7, 11) is 0. The molecule has 2 fully saturated rings. The maximum atomic E-state index is 6.77. The number of allylic oxidation sites excluding steroid dienone is 1. The minimum atomic E-state index is 0.00715. The molecular weight excluding hydrogens is 374 g/mol. The molecule has 2 aliphatic rings. The first-order valence-corrected chi connectivity index (χ1v) is 10.4. The fourth-order valence-corrected chi connectivity index (χ4v) is 5.05. The summed E-state index contributed by atoms with van der Waals surface area (Å²) in [5, 5.41) is 0. The van der Waals surface area contributed by atoms with Crippen molar-refractivity contribution in [2.75, 3.05) is 6.54 Å². The molecule has 1 aromatic carbocycles. The Labute approximate surface area is 161 Å². The molecule has 25 heavy (non-hydrogen) atoms. The second kappa shape index (κ2) is 7.54. The lowest BCUT2D eigenvalue weighted by molar-refractivity contribution is -0.234. The van der Waals surface area contributed by atoms with Crippen LogP contribution >= 0.6 is 15.9 Å². The van der Waals surface area contributed by atoms with Crippen LogP contribution in [-0.2, 0) is 4.74 Å². The molecule has 1 heterocycles. The zero-order valence-electron chi connectivity index (χ0n) is 16.3. The Hall–Kier alpha value is -0.640.